The van der Waals surface area contributed by atoms with Crippen LogP contribution in [0.25, 0.3) is 0 Å². The van der Waals surface area contributed by atoms with Crippen molar-refractivity contribution in [3.05, 3.63) is 119 Å². The van der Waals surface area contributed by atoms with E-state index < -0.39 is 0 Å². The smallest absolute Gasteiger partial charge is 0.0458 e. The average Bonchev–Trinajstić information content (AvgIpc) is 3.26. The molecule has 0 N–H and O–H groups in total. The molecule has 0 amide bonds. The van der Waals surface area contributed by atoms with E-state index in [2.05, 4.69) is 110 Å². The van der Waals surface area contributed by atoms with Gasteiger partial charge >= 0.3 is 0 Å². The predicted octanol–water partition coefficient (Wildman–Crippen LogP) is 11.1. The van der Waals surface area contributed by atoms with E-state index in [0.29, 0.717) is 11.8 Å². The molecule has 2 saturated carbocycles. The summed E-state index contributed by atoms with van der Waals surface area (Å²) in [7, 11) is 0. The Hall–Kier alpha value is -3.06. The molecule has 0 heterocycles. The zero-order chi connectivity index (χ0) is 27.1. The predicted molar refractivity (Wildman–Crippen MR) is 170 cm³/mol. The Labute approximate surface area is 242 Å². The van der Waals surface area contributed by atoms with Crippen LogP contribution in [0.2, 0.25) is 0 Å². The van der Waals surface area contributed by atoms with Gasteiger partial charge in [0.15, 0.2) is 0 Å². The first-order chi connectivity index (χ1) is 19.6. The number of anilines is 2. The Morgan fingerprint density at radius 3 is 1.70 bits per heavy atom. The van der Waals surface area contributed by atoms with Crippen molar-refractivity contribution in [2.24, 2.45) is 5.92 Å². The van der Waals surface area contributed by atoms with E-state index in [1.54, 1.807) is 0 Å². The Bertz CT molecular complexity index is 1320. The van der Waals surface area contributed by atoms with Gasteiger partial charge in [0.25, 0.3) is 0 Å². The van der Waals surface area contributed by atoms with Gasteiger partial charge in [-0.2, -0.15) is 0 Å². The van der Waals surface area contributed by atoms with Crippen LogP contribution in [0.1, 0.15) is 118 Å². The normalized spacial score (nSPS) is 24.3. The molecule has 3 aromatic rings. The lowest BCUT2D eigenvalue weighted by molar-refractivity contribution is 0.385. The molecular weight excluding hydrogens is 482 g/mol. The van der Waals surface area contributed by atoms with E-state index in [4.69, 9.17) is 0 Å². The van der Waals surface area contributed by atoms with Crippen LogP contribution in [0.5, 0.6) is 0 Å². The lowest BCUT2D eigenvalue weighted by Crippen LogP contribution is -2.30. The maximum Gasteiger partial charge on any atom is 0.0458 e. The quantitative estimate of drug-likeness (QED) is 0.319. The molecule has 2 unspecified atom stereocenters. The van der Waals surface area contributed by atoms with Crippen LogP contribution in [-0.4, -0.2) is 0 Å². The summed E-state index contributed by atoms with van der Waals surface area (Å²) >= 11 is 0. The second-order valence-corrected chi connectivity index (χ2v) is 13.5. The van der Waals surface area contributed by atoms with Crippen molar-refractivity contribution >= 4 is 11.4 Å². The first-order valence-corrected chi connectivity index (χ1v) is 16.1. The fraction of sp³-hybridized carbons (Fsp3) is 0.436. The SMILES string of the molecule is CC1(C)c2ccccc2C2C(N(c3ccc(C4CCCCC4)cc3)c3ccc(C4CCCCC4)cc3)=CC=CC21. The molecule has 3 aromatic carbocycles. The van der Waals surface area contributed by atoms with Gasteiger partial charge in [0.1, 0.15) is 0 Å². The van der Waals surface area contributed by atoms with Crippen LogP contribution < -0.4 is 4.90 Å². The van der Waals surface area contributed by atoms with Gasteiger partial charge in [-0.25, -0.2) is 0 Å². The molecular formula is C39H45N. The minimum absolute atomic E-state index is 0.110. The molecule has 2 fully saturated rings. The fourth-order valence-corrected chi connectivity index (χ4v) is 8.54. The molecule has 4 aliphatic carbocycles. The van der Waals surface area contributed by atoms with Crippen molar-refractivity contribution in [2.75, 3.05) is 4.90 Å². The number of rotatable bonds is 5. The van der Waals surface area contributed by atoms with Crippen LogP contribution >= 0.6 is 0 Å². The van der Waals surface area contributed by atoms with Crippen LogP contribution in [0.4, 0.5) is 11.4 Å². The molecule has 7 rings (SSSR count). The van der Waals surface area contributed by atoms with E-state index in [1.807, 2.05) is 0 Å². The first kappa shape index (κ1) is 25.9. The van der Waals surface area contributed by atoms with Crippen LogP contribution in [-0.2, 0) is 5.41 Å². The standard InChI is InChI=1S/C39H45N/c1-39(2)35-17-10-9-16-34(35)38-36(39)18-11-19-37(38)40(32-24-20-30(21-25-32)28-12-5-3-6-13-28)33-26-22-31(23-27-33)29-14-7-4-8-15-29/h9-11,16-29,36,38H,3-8,12-15H2,1-2H3. The number of nitrogens with zero attached hydrogens (tertiary/aromatic N) is 1. The lowest BCUT2D eigenvalue weighted by atomic mass is 9.73. The third-order valence-electron chi connectivity index (χ3n) is 10.8. The van der Waals surface area contributed by atoms with Gasteiger partial charge in [0, 0.05) is 23.0 Å². The maximum absolute atomic E-state index is 2.58. The van der Waals surface area contributed by atoms with Gasteiger partial charge in [-0.3, -0.25) is 0 Å². The Balaban J connectivity index is 1.29. The zero-order valence-electron chi connectivity index (χ0n) is 24.5. The highest BCUT2D eigenvalue weighted by molar-refractivity contribution is 5.72. The second-order valence-electron chi connectivity index (χ2n) is 13.5. The first-order valence-electron chi connectivity index (χ1n) is 16.1. The summed E-state index contributed by atoms with van der Waals surface area (Å²) in [4.78, 5) is 2.58. The van der Waals surface area contributed by atoms with Crippen LogP contribution in [0.15, 0.2) is 96.7 Å². The molecule has 1 nitrogen and oxygen atoms in total. The number of fused-ring (bicyclic) bond motifs is 3. The number of hydrogen-bond acceptors (Lipinski definition) is 1. The van der Waals surface area contributed by atoms with Crippen LogP contribution in [0, 0.1) is 5.92 Å². The van der Waals surface area contributed by atoms with E-state index in [9.17, 15) is 0 Å². The van der Waals surface area contributed by atoms with Gasteiger partial charge in [-0.05, 0) is 101 Å². The third-order valence-corrected chi connectivity index (χ3v) is 10.8. The zero-order valence-corrected chi connectivity index (χ0v) is 24.5. The van der Waals surface area contributed by atoms with E-state index in [0.717, 1.165) is 11.8 Å². The van der Waals surface area contributed by atoms with Gasteiger partial charge in [-0.1, -0.05) is 113 Å². The van der Waals surface area contributed by atoms with Gasteiger partial charge < -0.3 is 4.90 Å². The molecule has 40 heavy (non-hydrogen) atoms. The molecule has 1 heteroatoms. The Morgan fingerprint density at radius 2 is 1.15 bits per heavy atom. The van der Waals surface area contributed by atoms with Crippen molar-refractivity contribution in [1.82, 2.24) is 0 Å². The van der Waals surface area contributed by atoms with Crippen molar-refractivity contribution < 1.29 is 0 Å². The Kier molecular flexibility index (Phi) is 6.94. The lowest BCUT2D eigenvalue weighted by Gasteiger charge is -2.38. The fourth-order valence-electron chi connectivity index (χ4n) is 8.54. The summed E-state index contributed by atoms with van der Waals surface area (Å²) in [5.41, 5.74) is 10.1. The highest BCUT2D eigenvalue weighted by Gasteiger charge is 2.48. The summed E-state index contributed by atoms with van der Waals surface area (Å²) in [5.74, 6) is 2.27. The molecule has 206 valence electrons. The van der Waals surface area contributed by atoms with Crippen molar-refractivity contribution in [3.8, 4) is 0 Å². The topological polar surface area (TPSA) is 3.24 Å². The second kappa shape index (κ2) is 10.7. The average molecular weight is 528 g/mol. The Morgan fingerprint density at radius 1 is 0.625 bits per heavy atom. The summed E-state index contributed by atoms with van der Waals surface area (Å²) in [5, 5.41) is 0. The highest BCUT2D eigenvalue weighted by atomic mass is 15.2. The van der Waals surface area contributed by atoms with Crippen LogP contribution in [0.3, 0.4) is 0 Å². The summed E-state index contributed by atoms with van der Waals surface area (Å²) in [6.07, 6.45) is 20.9. The molecule has 0 aliphatic heterocycles. The molecule has 0 aromatic heterocycles. The third kappa shape index (κ3) is 4.56. The molecule has 2 atom stereocenters. The molecule has 0 saturated heterocycles. The van der Waals surface area contributed by atoms with Gasteiger partial charge in [0.2, 0.25) is 0 Å². The minimum Gasteiger partial charge on any atom is -0.314 e. The summed E-state index contributed by atoms with van der Waals surface area (Å²) in [6.45, 7) is 4.87. The summed E-state index contributed by atoms with van der Waals surface area (Å²) in [6, 6.07) is 28.5. The van der Waals surface area contributed by atoms with E-state index >= 15 is 0 Å². The molecule has 0 radical (unpaired) electrons. The number of allylic oxidation sites excluding steroid dienone is 4. The van der Waals surface area contributed by atoms with Crippen molar-refractivity contribution in [1.29, 1.82) is 0 Å². The van der Waals surface area contributed by atoms with Gasteiger partial charge in [-0.15, -0.1) is 0 Å². The van der Waals surface area contributed by atoms with E-state index in [-0.39, 0.29) is 5.41 Å². The number of benzene rings is 3. The summed E-state index contributed by atoms with van der Waals surface area (Å²) < 4.78 is 0. The highest BCUT2D eigenvalue weighted by Crippen LogP contribution is 2.56. The van der Waals surface area contributed by atoms with E-state index in [1.165, 1.54) is 104 Å². The molecule has 0 spiro atoms. The largest absolute Gasteiger partial charge is 0.314 e. The molecule has 4 aliphatic rings. The minimum atomic E-state index is 0.110. The van der Waals surface area contributed by atoms with Gasteiger partial charge in [0.05, 0.1) is 0 Å². The molecule has 0 bridgehead atoms. The van der Waals surface area contributed by atoms with Crippen molar-refractivity contribution in [3.63, 3.8) is 0 Å². The van der Waals surface area contributed by atoms with Crippen molar-refractivity contribution in [2.45, 2.75) is 101 Å². The number of hydrogen-bond donors (Lipinski definition) is 0. The monoisotopic (exact) mass is 527 g/mol. The maximum atomic E-state index is 2.58.